The second-order valence-corrected chi connectivity index (χ2v) is 8.54. The van der Waals surface area contributed by atoms with Crippen molar-refractivity contribution in [3.8, 4) is 16.8 Å². The molecule has 0 N–H and O–H groups in total. The molecule has 0 fully saturated rings. The third-order valence-corrected chi connectivity index (χ3v) is 6.65. The normalized spacial score (nSPS) is 11.6. The van der Waals surface area contributed by atoms with Crippen LogP contribution in [0, 0.1) is 0 Å². The number of rotatable bonds is 2. The summed E-state index contributed by atoms with van der Waals surface area (Å²) in [7, 11) is 0. The number of hydrogen-bond donors (Lipinski definition) is 0. The zero-order chi connectivity index (χ0) is 22.6. The fourth-order valence-electron chi connectivity index (χ4n) is 5.09. The molecule has 0 amide bonds. The van der Waals surface area contributed by atoms with Crippen molar-refractivity contribution < 1.29 is 4.42 Å². The molecule has 2 aromatic heterocycles. The zero-order valence-electron chi connectivity index (χ0n) is 18.2. The molecule has 0 spiro atoms. The number of fused-ring (bicyclic) bond motifs is 7. The van der Waals surface area contributed by atoms with E-state index in [2.05, 4.69) is 77.4 Å². The lowest BCUT2D eigenvalue weighted by Gasteiger charge is -2.11. The maximum Gasteiger partial charge on any atom is 0.344 e. The Balaban J connectivity index is 1.59. The second-order valence-electron chi connectivity index (χ2n) is 8.54. The molecule has 7 rings (SSSR count). The zero-order valence-corrected chi connectivity index (χ0v) is 18.2. The summed E-state index contributed by atoms with van der Waals surface area (Å²) in [5.74, 6) is 0. The molecule has 7 aromatic rings. The van der Waals surface area contributed by atoms with E-state index in [1.165, 1.54) is 5.56 Å². The molecule has 3 nitrogen and oxygen atoms in total. The summed E-state index contributed by atoms with van der Waals surface area (Å²) in [6, 6.07) is 39.1. The Kier molecular flexibility index (Phi) is 4.00. The van der Waals surface area contributed by atoms with Crippen LogP contribution in [0.2, 0.25) is 0 Å². The van der Waals surface area contributed by atoms with Gasteiger partial charge in [0.2, 0.25) is 0 Å². The highest BCUT2D eigenvalue weighted by Crippen LogP contribution is 2.38. The van der Waals surface area contributed by atoms with E-state index in [0.717, 1.165) is 43.8 Å². The van der Waals surface area contributed by atoms with Crippen molar-refractivity contribution >= 4 is 43.5 Å². The molecule has 0 atom stereocenters. The van der Waals surface area contributed by atoms with Crippen LogP contribution in [0.1, 0.15) is 0 Å². The first kappa shape index (κ1) is 18.9. The third kappa shape index (κ3) is 2.67. The highest BCUT2D eigenvalue weighted by Gasteiger charge is 2.18. The standard InChI is InChI=1S/C31H19NO2/c33-31-27-12-5-4-10-23(27)26-19-18-25-24-11-6-7-13-28(24)32(29(25)30(26)34-31)22-16-14-21(15-17-22)20-8-2-1-3-9-20/h1-19H. The van der Waals surface area contributed by atoms with Crippen LogP contribution >= 0.6 is 0 Å². The van der Waals surface area contributed by atoms with Crippen LogP contribution in [0.5, 0.6) is 0 Å². The van der Waals surface area contributed by atoms with E-state index in [4.69, 9.17) is 4.42 Å². The minimum absolute atomic E-state index is 0.313. The lowest BCUT2D eigenvalue weighted by atomic mass is 10.0. The van der Waals surface area contributed by atoms with Crippen molar-refractivity contribution in [2.75, 3.05) is 0 Å². The molecule has 0 unspecified atom stereocenters. The van der Waals surface area contributed by atoms with E-state index in [1.807, 2.05) is 42.5 Å². The first-order valence-corrected chi connectivity index (χ1v) is 11.3. The largest absolute Gasteiger partial charge is 0.420 e. The third-order valence-electron chi connectivity index (χ3n) is 6.65. The summed E-state index contributed by atoms with van der Waals surface area (Å²) in [6.45, 7) is 0. The van der Waals surface area contributed by atoms with E-state index >= 15 is 0 Å². The SMILES string of the molecule is O=c1oc2c(ccc3c4ccccc4n(-c4ccc(-c5ccccc5)cc4)c32)c2ccccc12. The van der Waals surface area contributed by atoms with Crippen LogP contribution in [0.15, 0.2) is 124 Å². The highest BCUT2D eigenvalue weighted by atomic mass is 16.4. The maximum absolute atomic E-state index is 12.9. The van der Waals surface area contributed by atoms with Gasteiger partial charge in [0.1, 0.15) is 0 Å². The van der Waals surface area contributed by atoms with E-state index in [0.29, 0.717) is 11.0 Å². The van der Waals surface area contributed by atoms with Gasteiger partial charge in [-0.2, -0.15) is 0 Å². The van der Waals surface area contributed by atoms with Crippen LogP contribution in [-0.2, 0) is 0 Å². The van der Waals surface area contributed by atoms with Crippen molar-refractivity contribution in [1.29, 1.82) is 0 Å². The molecular formula is C31H19NO2. The van der Waals surface area contributed by atoms with Gasteiger partial charge in [-0.1, -0.05) is 84.9 Å². The Morgan fingerprint density at radius 3 is 1.91 bits per heavy atom. The number of benzene rings is 5. The Bertz CT molecular complexity index is 1910. The average Bonchev–Trinajstić information content (AvgIpc) is 3.24. The number of para-hydroxylation sites is 1. The first-order valence-electron chi connectivity index (χ1n) is 11.3. The molecular weight excluding hydrogens is 418 g/mol. The Morgan fingerprint density at radius 2 is 1.12 bits per heavy atom. The molecule has 0 aliphatic rings. The van der Waals surface area contributed by atoms with Gasteiger partial charge in [-0.15, -0.1) is 0 Å². The summed E-state index contributed by atoms with van der Waals surface area (Å²) >= 11 is 0. The van der Waals surface area contributed by atoms with Crippen LogP contribution in [0.3, 0.4) is 0 Å². The van der Waals surface area contributed by atoms with Gasteiger partial charge in [-0.3, -0.25) is 0 Å². The van der Waals surface area contributed by atoms with Crippen LogP contribution in [0.25, 0.3) is 60.4 Å². The maximum atomic E-state index is 12.9. The van der Waals surface area contributed by atoms with Gasteiger partial charge < -0.3 is 8.98 Å². The van der Waals surface area contributed by atoms with E-state index in [1.54, 1.807) is 0 Å². The van der Waals surface area contributed by atoms with Crippen LogP contribution < -0.4 is 5.63 Å². The van der Waals surface area contributed by atoms with E-state index < -0.39 is 0 Å². The van der Waals surface area contributed by atoms with E-state index in [9.17, 15) is 4.79 Å². The van der Waals surface area contributed by atoms with Gasteiger partial charge in [-0.05, 0) is 46.8 Å². The van der Waals surface area contributed by atoms with Gasteiger partial charge in [-0.25, -0.2) is 4.79 Å². The fourth-order valence-corrected chi connectivity index (χ4v) is 5.09. The van der Waals surface area contributed by atoms with Gasteiger partial charge in [0.25, 0.3) is 0 Å². The smallest absolute Gasteiger partial charge is 0.344 e. The Labute approximate surface area is 195 Å². The van der Waals surface area contributed by atoms with Crippen LogP contribution in [0.4, 0.5) is 0 Å². The average molecular weight is 437 g/mol. The minimum atomic E-state index is -0.313. The van der Waals surface area contributed by atoms with Crippen molar-refractivity contribution in [2.45, 2.75) is 0 Å². The molecule has 0 aliphatic heterocycles. The number of aromatic nitrogens is 1. The quantitative estimate of drug-likeness (QED) is 0.205. The summed E-state index contributed by atoms with van der Waals surface area (Å²) in [5, 5.41) is 4.64. The van der Waals surface area contributed by atoms with Gasteiger partial charge in [0.15, 0.2) is 5.58 Å². The second kappa shape index (κ2) is 7.19. The predicted molar refractivity (Wildman–Crippen MR) is 140 cm³/mol. The van der Waals surface area contributed by atoms with Crippen LogP contribution in [-0.4, -0.2) is 4.57 Å². The van der Waals surface area contributed by atoms with Crippen molar-refractivity contribution in [3.05, 3.63) is 126 Å². The topological polar surface area (TPSA) is 35.1 Å². The summed E-state index contributed by atoms with van der Waals surface area (Å²) in [5.41, 5.74) is 5.65. The lowest BCUT2D eigenvalue weighted by Crippen LogP contribution is -2.01. The molecule has 0 bridgehead atoms. The molecule has 160 valence electrons. The molecule has 0 saturated carbocycles. The molecule has 0 radical (unpaired) electrons. The predicted octanol–water partition coefficient (Wildman–Crippen LogP) is 7.71. The number of nitrogens with zero attached hydrogens (tertiary/aromatic N) is 1. The molecule has 0 aliphatic carbocycles. The van der Waals surface area contributed by atoms with Gasteiger partial charge >= 0.3 is 5.63 Å². The summed E-state index contributed by atoms with van der Waals surface area (Å²) < 4.78 is 8.20. The Hall–Kier alpha value is -4.63. The monoisotopic (exact) mass is 437 g/mol. The van der Waals surface area contributed by atoms with E-state index in [-0.39, 0.29) is 5.63 Å². The molecule has 0 saturated heterocycles. The van der Waals surface area contributed by atoms with Crippen molar-refractivity contribution in [2.24, 2.45) is 0 Å². The molecule has 34 heavy (non-hydrogen) atoms. The van der Waals surface area contributed by atoms with Gasteiger partial charge in [0.05, 0.1) is 16.4 Å². The first-order chi connectivity index (χ1) is 16.8. The fraction of sp³-hybridized carbons (Fsp3) is 0. The summed E-state index contributed by atoms with van der Waals surface area (Å²) in [4.78, 5) is 12.9. The highest BCUT2D eigenvalue weighted by molar-refractivity contribution is 6.20. The van der Waals surface area contributed by atoms with Crippen molar-refractivity contribution in [3.63, 3.8) is 0 Å². The molecule has 5 aromatic carbocycles. The lowest BCUT2D eigenvalue weighted by molar-refractivity contribution is 0.572. The summed E-state index contributed by atoms with van der Waals surface area (Å²) in [6.07, 6.45) is 0. The van der Waals surface area contributed by atoms with Crippen molar-refractivity contribution in [1.82, 2.24) is 4.57 Å². The molecule has 3 heteroatoms. The molecule has 2 heterocycles. The number of hydrogen-bond acceptors (Lipinski definition) is 2. The van der Waals surface area contributed by atoms with Gasteiger partial charge in [0, 0.05) is 21.8 Å². The minimum Gasteiger partial charge on any atom is -0.420 e. The Morgan fingerprint density at radius 1 is 0.500 bits per heavy atom.